The summed E-state index contributed by atoms with van der Waals surface area (Å²) in [5.74, 6) is 1.01. The molecule has 90 valence electrons. The molecule has 0 saturated heterocycles. The van der Waals surface area contributed by atoms with Crippen LogP contribution in [-0.4, -0.2) is 17.6 Å². The molecule has 0 N–H and O–H groups in total. The average Bonchev–Trinajstić information content (AvgIpc) is 2.42. The first-order valence-corrected chi connectivity index (χ1v) is 6.48. The van der Waals surface area contributed by atoms with Crippen LogP contribution in [0.1, 0.15) is 44.6 Å². The Labute approximate surface area is 103 Å². The molecule has 1 aliphatic carbocycles. The third-order valence-electron chi connectivity index (χ3n) is 3.53. The quantitative estimate of drug-likeness (QED) is 0.799. The van der Waals surface area contributed by atoms with Gasteiger partial charge in [0.25, 0.3) is 0 Å². The molecule has 1 fully saturated rings. The summed E-state index contributed by atoms with van der Waals surface area (Å²) >= 11 is 0. The first kappa shape index (κ1) is 11.9. The zero-order valence-electron chi connectivity index (χ0n) is 10.4. The van der Waals surface area contributed by atoms with Gasteiger partial charge in [-0.3, -0.25) is 0 Å². The number of rotatable bonds is 3. The van der Waals surface area contributed by atoms with Crippen LogP contribution in [0.2, 0.25) is 0 Å². The van der Waals surface area contributed by atoms with Gasteiger partial charge in [-0.05, 0) is 31.9 Å². The lowest BCUT2D eigenvalue weighted by Gasteiger charge is -2.34. The van der Waals surface area contributed by atoms with Gasteiger partial charge < -0.3 is 4.90 Å². The summed E-state index contributed by atoms with van der Waals surface area (Å²) in [6.07, 6.45) is 8.25. The van der Waals surface area contributed by atoms with Gasteiger partial charge in [0.05, 0.1) is 5.56 Å². The molecular formula is C14H19N3. The van der Waals surface area contributed by atoms with Crippen molar-refractivity contribution in [1.29, 1.82) is 5.26 Å². The highest BCUT2D eigenvalue weighted by Gasteiger charge is 2.20. The summed E-state index contributed by atoms with van der Waals surface area (Å²) < 4.78 is 0. The molecule has 3 nitrogen and oxygen atoms in total. The van der Waals surface area contributed by atoms with Gasteiger partial charge in [-0.2, -0.15) is 5.26 Å². The number of hydrogen-bond donors (Lipinski definition) is 0. The fourth-order valence-corrected chi connectivity index (χ4v) is 2.62. The minimum Gasteiger partial charge on any atom is -0.354 e. The maximum atomic E-state index is 8.77. The van der Waals surface area contributed by atoms with Crippen LogP contribution in [-0.2, 0) is 0 Å². The minimum atomic E-state index is 0.633. The van der Waals surface area contributed by atoms with Gasteiger partial charge in [-0.25, -0.2) is 4.98 Å². The van der Waals surface area contributed by atoms with Crippen molar-refractivity contribution in [3.05, 3.63) is 23.9 Å². The lowest BCUT2D eigenvalue weighted by atomic mass is 9.94. The molecule has 1 saturated carbocycles. The van der Waals surface area contributed by atoms with Crippen molar-refractivity contribution in [3.8, 4) is 6.07 Å². The van der Waals surface area contributed by atoms with Crippen LogP contribution in [0.4, 0.5) is 5.82 Å². The summed E-state index contributed by atoms with van der Waals surface area (Å²) in [7, 11) is 0. The van der Waals surface area contributed by atoms with Crippen LogP contribution in [0.5, 0.6) is 0 Å². The highest BCUT2D eigenvalue weighted by molar-refractivity contribution is 5.42. The molecule has 0 spiro atoms. The smallest absolute Gasteiger partial charge is 0.128 e. The van der Waals surface area contributed by atoms with Gasteiger partial charge >= 0.3 is 0 Å². The zero-order valence-corrected chi connectivity index (χ0v) is 10.4. The van der Waals surface area contributed by atoms with Crippen molar-refractivity contribution in [2.45, 2.75) is 45.1 Å². The van der Waals surface area contributed by atoms with Crippen molar-refractivity contribution < 1.29 is 0 Å². The molecule has 0 amide bonds. The van der Waals surface area contributed by atoms with Gasteiger partial charge in [0, 0.05) is 18.8 Å². The Bertz CT molecular complexity index is 385. The molecule has 1 aromatic rings. The molecule has 0 bridgehead atoms. The fraction of sp³-hybridized carbons (Fsp3) is 0.571. The van der Waals surface area contributed by atoms with Crippen LogP contribution in [0.3, 0.4) is 0 Å². The fourth-order valence-electron chi connectivity index (χ4n) is 2.62. The molecule has 17 heavy (non-hydrogen) atoms. The molecule has 0 aliphatic heterocycles. The van der Waals surface area contributed by atoms with E-state index < -0.39 is 0 Å². The first-order chi connectivity index (χ1) is 8.35. The summed E-state index contributed by atoms with van der Waals surface area (Å²) in [4.78, 5) is 6.77. The molecular weight excluding hydrogens is 210 g/mol. The number of nitriles is 1. The molecule has 0 atom stereocenters. The number of anilines is 1. The third kappa shape index (κ3) is 2.76. The maximum absolute atomic E-state index is 8.77. The van der Waals surface area contributed by atoms with Crippen LogP contribution in [0.25, 0.3) is 0 Å². The van der Waals surface area contributed by atoms with E-state index in [1.165, 1.54) is 32.1 Å². The van der Waals surface area contributed by atoms with E-state index in [4.69, 9.17) is 5.26 Å². The topological polar surface area (TPSA) is 39.9 Å². The first-order valence-electron chi connectivity index (χ1n) is 6.48. The lowest BCUT2D eigenvalue weighted by Crippen LogP contribution is -2.37. The minimum absolute atomic E-state index is 0.633. The van der Waals surface area contributed by atoms with Gasteiger partial charge in [0.1, 0.15) is 11.9 Å². The van der Waals surface area contributed by atoms with Crippen molar-refractivity contribution in [2.24, 2.45) is 0 Å². The van der Waals surface area contributed by atoms with Crippen LogP contribution < -0.4 is 4.90 Å². The van der Waals surface area contributed by atoms with E-state index in [9.17, 15) is 0 Å². The molecule has 0 unspecified atom stereocenters. The van der Waals surface area contributed by atoms with E-state index in [1.807, 2.05) is 12.1 Å². The second-order valence-electron chi connectivity index (χ2n) is 4.59. The van der Waals surface area contributed by atoms with E-state index in [0.29, 0.717) is 11.6 Å². The average molecular weight is 229 g/mol. The Kier molecular flexibility index (Phi) is 3.98. The highest BCUT2D eigenvalue weighted by atomic mass is 15.2. The molecule has 1 heterocycles. The Balaban J connectivity index is 2.13. The maximum Gasteiger partial charge on any atom is 0.128 e. The predicted molar refractivity (Wildman–Crippen MR) is 68.8 cm³/mol. The van der Waals surface area contributed by atoms with E-state index in [2.05, 4.69) is 22.9 Å². The highest BCUT2D eigenvalue weighted by Crippen LogP contribution is 2.25. The van der Waals surface area contributed by atoms with Gasteiger partial charge in [0.15, 0.2) is 0 Å². The second kappa shape index (κ2) is 5.67. The molecule has 2 rings (SSSR count). The van der Waals surface area contributed by atoms with Crippen molar-refractivity contribution in [3.63, 3.8) is 0 Å². The molecule has 3 heteroatoms. The monoisotopic (exact) mass is 229 g/mol. The Hall–Kier alpha value is -1.56. The molecule has 0 aromatic carbocycles. The molecule has 0 radical (unpaired) electrons. The number of nitrogens with zero attached hydrogens (tertiary/aromatic N) is 3. The zero-order chi connectivity index (χ0) is 12.1. The Morgan fingerprint density at radius 3 is 2.65 bits per heavy atom. The van der Waals surface area contributed by atoms with E-state index >= 15 is 0 Å². The number of aromatic nitrogens is 1. The summed E-state index contributed by atoms with van der Waals surface area (Å²) in [5.41, 5.74) is 0.633. The second-order valence-corrected chi connectivity index (χ2v) is 4.59. The van der Waals surface area contributed by atoms with Gasteiger partial charge in [-0.15, -0.1) is 0 Å². The van der Waals surface area contributed by atoms with Crippen molar-refractivity contribution in [2.75, 3.05) is 11.4 Å². The van der Waals surface area contributed by atoms with Crippen molar-refractivity contribution in [1.82, 2.24) is 4.98 Å². The summed E-state index contributed by atoms with van der Waals surface area (Å²) in [5, 5.41) is 8.77. The summed E-state index contributed by atoms with van der Waals surface area (Å²) in [6, 6.07) is 6.57. The van der Waals surface area contributed by atoms with Crippen LogP contribution >= 0.6 is 0 Å². The van der Waals surface area contributed by atoms with Crippen molar-refractivity contribution >= 4 is 5.82 Å². The third-order valence-corrected chi connectivity index (χ3v) is 3.53. The standard InChI is InChI=1S/C14H19N3/c1-2-17(13-6-4-3-5-7-13)14-9-8-12(10-15)11-16-14/h8-9,11,13H,2-7H2,1H3. The summed E-state index contributed by atoms with van der Waals surface area (Å²) in [6.45, 7) is 3.16. The predicted octanol–water partition coefficient (Wildman–Crippen LogP) is 3.11. The largest absolute Gasteiger partial charge is 0.354 e. The van der Waals surface area contributed by atoms with E-state index in [0.717, 1.165) is 12.4 Å². The lowest BCUT2D eigenvalue weighted by molar-refractivity contribution is 0.416. The normalized spacial score (nSPS) is 16.5. The molecule has 1 aromatic heterocycles. The number of pyridine rings is 1. The van der Waals surface area contributed by atoms with Crippen LogP contribution in [0, 0.1) is 11.3 Å². The van der Waals surface area contributed by atoms with Crippen LogP contribution in [0.15, 0.2) is 18.3 Å². The van der Waals surface area contributed by atoms with Gasteiger partial charge in [0.2, 0.25) is 0 Å². The van der Waals surface area contributed by atoms with E-state index in [1.54, 1.807) is 6.20 Å². The molecule has 1 aliphatic rings. The Morgan fingerprint density at radius 2 is 2.12 bits per heavy atom. The van der Waals surface area contributed by atoms with E-state index in [-0.39, 0.29) is 0 Å². The number of hydrogen-bond acceptors (Lipinski definition) is 3. The SMILES string of the molecule is CCN(c1ccc(C#N)cn1)C1CCCCC1. The Morgan fingerprint density at radius 1 is 1.35 bits per heavy atom. The van der Waals surface area contributed by atoms with Gasteiger partial charge in [-0.1, -0.05) is 19.3 Å².